The Kier molecular flexibility index (Phi) is 8.17. The second-order valence-electron chi connectivity index (χ2n) is 3.97. The van der Waals surface area contributed by atoms with Crippen molar-refractivity contribution in [1.82, 2.24) is 10.3 Å². The predicted octanol–water partition coefficient (Wildman–Crippen LogP) is 2.02. The number of hydrogen-bond acceptors (Lipinski definition) is 5. The highest BCUT2D eigenvalue weighted by Gasteiger charge is 2.08. The zero-order valence-corrected chi connectivity index (χ0v) is 12.4. The Bertz CT molecular complexity index is 329. The molecule has 0 atom stereocenters. The smallest absolute Gasteiger partial charge is 0.0954 e. The van der Waals surface area contributed by atoms with Gasteiger partial charge in [-0.05, 0) is 13.0 Å². The molecule has 0 spiro atoms. The topological polar surface area (TPSA) is 43.4 Å². The summed E-state index contributed by atoms with van der Waals surface area (Å²) in [4.78, 5) is 6.03. The van der Waals surface area contributed by atoms with Crippen LogP contribution in [0.2, 0.25) is 0 Å². The molecule has 0 saturated carbocycles. The van der Waals surface area contributed by atoms with Crippen LogP contribution in [0, 0.1) is 0 Å². The maximum absolute atomic E-state index is 5.47. The molecule has 0 aromatic carbocycles. The second-order valence-corrected chi connectivity index (χ2v) is 5.13. The quantitative estimate of drug-likeness (QED) is 0.662. The van der Waals surface area contributed by atoms with Crippen LogP contribution in [-0.4, -0.2) is 38.5 Å². The third kappa shape index (κ3) is 5.44. The van der Waals surface area contributed by atoms with Crippen molar-refractivity contribution in [3.63, 3.8) is 0 Å². The zero-order valence-electron chi connectivity index (χ0n) is 11.6. The van der Waals surface area contributed by atoms with Gasteiger partial charge in [-0.3, -0.25) is 0 Å². The second kappa shape index (κ2) is 9.44. The molecule has 1 N–H and O–H groups in total. The van der Waals surface area contributed by atoms with Gasteiger partial charge in [0.2, 0.25) is 0 Å². The fourth-order valence-corrected chi connectivity index (χ4v) is 2.71. The van der Waals surface area contributed by atoms with E-state index in [2.05, 4.69) is 24.1 Å². The number of nitrogens with one attached hydrogen (secondary N) is 1. The average Bonchev–Trinajstić information content (AvgIpc) is 2.78. The van der Waals surface area contributed by atoms with Crippen LogP contribution >= 0.6 is 11.3 Å². The van der Waals surface area contributed by atoms with Gasteiger partial charge >= 0.3 is 0 Å². The van der Waals surface area contributed by atoms with Gasteiger partial charge in [0, 0.05) is 25.0 Å². The van der Waals surface area contributed by atoms with Crippen molar-refractivity contribution < 1.29 is 9.47 Å². The van der Waals surface area contributed by atoms with Crippen molar-refractivity contribution in [2.75, 3.05) is 33.5 Å². The summed E-state index contributed by atoms with van der Waals surface area (Å²) in [5.41, 5.74) is 1.23. The molecule has 0 unspecified atom stereocenters. The minimum Gasteiger partial charge on any atom is -0.382 e. The van der Waals surface area contributed by atoms with E-state index in [0.717, 1.165) is 32.5 Å². The van der Waals surface area contributed by atoms with E-state index in [4.69, 9.17) is 9.47 Å². The number of hydrogen-bond donors (Lipinski definition) is 1. The van der Waals surface area contributed by atoms with E-state index in [-0.39, 0.29) is 0 Å². The van der Waals surface area contributed by atoms with E-state index in [1.54, 1.807) is 18.4 Å². The summed E-state index contributed by atoms with van der Waals surface area (Å²) < 4.78 is 10.4. The Morgan fingerprint density at radius 3 is 2.72 bits per heavy atom. The van der Waals surface area contributed by atoms with Crippen LogP contribution < -0.4 is 5.32 Å². The van der Waals surface area contributed by atoms with Gasteiger partial charge < -0.3 is 14.8 Å². The monoisotopic (exact) mass is 272 g/mol. The standard InChI is InChI=1S/C13H24N2O2S/c1-4-11-12(10-14-5-2)18-13(15-11)6-7-17-9-8-16-3/h14H,4-10H2,1-3H3. The highest BCUT2D eigenvalue weighted by atomic mass is 32.1. The molecular formula is C13H24N2O2S. The fraction of sp³-hybridized carbons (Fsp3) is 0.769. The molecule has 0 fully saturated rings. The van der Waals surface area contributed by atoms with Crippen LogP contribution in [0.15, 0.2) is 0 Å². The van der Waals surface area contributed by atoms with Crippen molar-refractivity contribution in [3.8, 4) is 0 Å². The Hall–Kier alpha value is -0.490. The molecule has 4 nitrogen and oxygen atoms in total. The lowest BCUT2D eigenvalue weighted by Gasteiger charge is -2.00. The van der Waals surface area contributed by atoms with E-state index >= 15 is 0 Å². The highest BCUT2D eigenvalue weighted by molar-refractivity contribution is 7.11. The normalized spacial score (nSPS) is 11.1. The molecule has 104 valence electrons. The molecule has 1 aromatic heterocycles. The summed E-state index contributed by atoms with van der Waals surface area (Å²) in [6.45, 7) is 8.25. The van der Waals surface area contributed by atoms with Gasteiger partial charge in [0.1, 0.15) is 0 Å². The molecule has 1 rings (SSSR count). The number of thiazole rings is 1. The van der Waals surface area contributed by atoms with Crippen LogP contribution in [0.5, 0.6) is 0 Å². The van der Waals surface area contributed by atoms with Crippen molar-refractivity contribution in [2.24, 2.45) is 0 Å². The van der Waals surface area contributed by atoms with E-state index < -0.39 is 0 Å². The Morgan fingerprint density at radius 2 is 2.06 bits per heavy atom. The van der Waals surface area contributed by atoms with Crippen molar-refractivity contribution in [1.29, 1.82) is 0 Å². The average molecular weight is 272 g/mol. The predicted molar refractivity (Wildman–Crippen MR) is 75.3 cm³/mol. The third-order valence-electron chi connectivity index (χ3n) is 2.59. The summed E-state index contributed by atoms with van der Waals surface area (Å²) >= 11 is 1.80. The van der Waals surface area contributed by atoms with Crippen molar-refractivity contribution in [3.05, 3.63) is 15.6 Å². The van der Waals surface area contributed by atoms with Gasteiger partial charge in [0.25, 0.3) is 0 Å². The van der Waals surface area contributed by atoms with Crippen LogP contribution in [0.3, 0.4) is 0 Å². The van der Waals surface area contributed by atoms with Crippen molar-refractivity contribution in [2.45, 2.75) is 33.2 Å². The highest BCUT2D eigenvalue weighted by Crippen LogP contribution is 2.19. The molecule has 1 aromatic rings. The van der Waals surface area contributed by atoms with E-state index in [0.29, 0.717) is 13.2 Å². The molecule has 5 heteroatoms. The molecule has 0 bridgehead atoms. The zero-order chi connectivity index (χ0) is 13.2. The molecule has 0 aliphatic rings. The number of nitrogens with zero attached hydrogens (tertiary/aromatic N) is 1. The number of aryl methyl sites for hydroxylation is 1. The number of ether oxygens (including phenoxy) is 2. The summed E-state index contributed by atoms with van der Waals surface area (Å²) in [6.07, 6.45) is 1.90. The van der Waals surface area contributed by atoms with E-state index in [1.165, 1.54) is 15.6 Å². The van der Waals surface area contributed by atoms with E-state index in [1.807, 2.05) is 0 Å². The van der Waals surface area contributed by atoms with Gasteiger partial charge in [-0.15, -0.1) is 11.3 Å². The lowest BCUT2D eigenvalue weighted by molar-refractivity contribution is 0.0722. The van der Waals surface area contributed by atoms with Gasteiger partial charge in [0.15, 0.2) is 0 Å². The number of aromatic nitrogens is 1. The SMILES string of the molecule is CCNCc1sc(CCOCCOC)nc1CC. The largest absolute Gasteiger partial charge is 0.382 e. The maximum Gasteiger partial charge on any atom is 0.0954 e. The Balaban J connectivity index is 2.38. The van der Waals surface area contributed by atoms with Crippen molar-refractivity contribution >= 4 is 11.3 Å². The van der Waals surface area contributed by atoms with Crippen LogP contribution in [0.4, 0.5) is 0 Å². The molecule has 1 heterocycles. The molecule has 0 amide bonds. The minimum absolute atomic E-state index is 0.656. The molecule has 0 saturated heterocycles. The number of rotatable bonds is 10. The Morgan fingerprint density at radius 1 is 1.22 bits per heavy atom. The first-order valence-corrected chi connectivity index (χ1v) is 7.38. The first kappa shape index (κ1) is 15.6. The summed E-state index contributed by atoms with van der Waals surface area (Å²) in [5, 5.41) is 4.54. The van der Waals surface area contributed by atoms with Gasteiger partial charge in [-0.2, -0.15) is 0 Å². The molecular weight excluding hydrogens is 248 g/mol. The summed E-state index contributed by atoms with van der Waals surface area (Å²) in [5.74, 6) is 0. The van der Waals surface area contributed by atoms with Gasteiger partial charge in [-0.25, -0.2) is 4.98 Å². The molecule has 0 aliphatic carbocycles. The molecule has 18 heavy (non-hydrogen) atoms. The Labute approximate surface area is 114 Å². The lowest BCUT2D eigenvalue weighted by Crippen LogP contribution is -2.11. The summed E-state index contributed by atoms with van der Waals surface area (Å²) in [7, 11) is 1.69. The van der Waals surface area contributed by atoms with Gasteiger partial charge in [0.05, 0.1) is 30.5 Å². The van der Waals surface area contributed by atoms with Crippen LogP contribution in [-0.2, 0) is 28.9 Å². The van der Waals surface area contributed by atoms with E-state index in [9.17, 15) is 0 Å². The summed E-state index contributed by atoms with van der Waals surface area (Å²) in [6, 6.07) is 0. The molecule has 0 aliphatic heterocycles. The first-order chi connectivity index (χ1) is 8.81. The van der Waals surface area contributed by atoms with Crippen LogP contribution in [0.25, 0.3) is 0 Å². The maximum atomic E-state index is 5.47. The lowest BCUT2D eigenvalue weighted by atomic mass is 10.3. The number of methoxy groups -OCH3 is 1. The third-order valence-corrected chi connectivity index (χ3v) is 3.74. The van der Waals surface area contributed by atoms with Gasteiger partial charge in [-0.1, -0.05) is 13.8 Å². The fourth-order valence-electron chi connectivity index (χ4n) is 1.60. The molecule has 0 radical (unpaired) electrons. The first-order valence-electron chi connectivity index (χ1n) is 6.56. The minimum atomic E-state index is 0.656. The van der Waals surface area contributed by atoms with Crippen LogP contribution in [0.1, 0.15) is 29.4 Å².